The first-order valence-corrected chi connectivity index (χ1v) is 5.77. The van der Waals surface area contributed by atoms with Crippen molar-refractivity contribution >= 4 is 23.0 Å². The van der Waals surface area contributed by atoms with Crippen LogP contribution >= 0.6 is 12.2 Å². The Balaban J connectivity index is 2.25. The van der Waals surface area contributed by atoms with Gasteiger partial charge >= 0.3 is 0 Å². The van der Waals surface area contributed by atoms with E-state index < -0.39 is 0 Å². The summed E-state index contributed by atoms with van der Waals surface area (Å²) < 4.78 is 2.51. The SMILES string of the molecule is Cn1c(-c2ccc3ccccc3c2)n[nH]c1=S. The van der Waals surface area contributed by atoms with Crippen LogP contribution in [0.4, 0.5) is 0 Å². The molecule has 0 radical (unpaired) electrons. The lowest BCUT2D eigenvalue weighted by Crippen LogP contribution is -1.92. The Labute approximate surface area is 104 Å². The van der Waals surface area contributed by atoms with Gasteiger partial charge in [0.15, 0.2) is 10.6 Å². The van der Waals surface area contributed by atoms with Gasteiger partial charge in [-0.3, -0.25) is 5.10 Å². The highest BCUT2D eigenvalue weighted by Crippen LogP contribution is 2.22. The lowest BCUT2D eigenvalue weighted by atomic mass is 10.1. The molecule has 84 valence electrons. The molecule has 0 spiro atoms. The van der Waals surface area contributed by atoms with Gasteiger partial charge in [-0.05, 0) is 29.1 Å². The summed E-state index contributed by atoms with van der Waals surface area (Å²) in [4.78, 5) is 0. The van der Waals surface area contributed by atoms with E-state index in [1.54, 1.807) is 0 Å². The normalized spacial score (nSPS) is 10.9. The fraction of sp³-hybridized carbons (Fsp3) is 0.0769. The summed E-state index contributed by atoms with van der Waals surface area (Å²) in [5.41, 5.74) is 1.07. The third-order valence-corrected chi connectivity index (χ3v) is 3.25. The van der Waals surface area contributed by atoms with E-state index in [0.29, 0.717) is 4.77 Å². The van der Waals surface area contributed by atoms with Gasteiger partial charge in [-0.1, -0.05) is 36.4 Å². The minimum atomic E-state index is 0.633. The van der Waals surface area contributed by atoms with E-state index in [0.717, 1.165) is 11.4 Å². The van der Waals surface area contributed by atoms with Gasteiger partial charge in [0, 0.05) is 12.6 Å². The second kappa shape index (κ2) is 3.82. The number of aromatic nitrogens is 3. The van der Waals surface area contributed by atoms with Crippen molar-refractivity contribution in [3.05, 3.63) is 47.2 Å². The summed E-state index contributed by atoms with van der Waals surface area (Å²) in [7, 11) is 1.91. The fourth-order valence-corrected chi connectivity index (χ4v) is 2.07. The zero-order valence-corrected chi connectivity index (χ0v) is 10.2. The number of benzene rings is 2. The molecule has 0 aliphatic carbocycles. The maximum absolute atomic E-state index is 5.11. The molecule has 3 nitrogen and oxygen atoms in total. The van der Waals surface area contributed by atoms with E-state index in [4.69, 9.17) is 12.2 Å². The van der Waals surface area contributed by atoms with E-state index in [-0.39, 0.29) is 0 Å². The Bertz CT molecular complexity index is 740. The van der Waals surface area contributed by atoms with Gasteiger partial charge in [-0.2, -0.15) is 5.10 Å². The molecule has 0 aliphatic heterocycles. The van der Waals surface area contributed by atoms with Gasteiger partial charge in [-0.15, -0.1) is 0 Å². The van der Waals surface area contributed by atoms with Crippen LogP contribution in [0.3, 0.4) is 0 Å². The van der Waals surface area contributed by atoms with Crippen molar-refractivity contribution in [3.8, 4) is 11.4 Å². The van der Waals surface area contributed by atoms with E-state index in [1.807, 2.05) is 23.7 Å². The van der Waals surface area contributed by atoms with Crippen molar-refractivity contribution in [1.82, 2.24) is 14.8 Å². The molecule has 0 saturated heterocycles. The lowest BCUT2D eigenvalue weighted by molar-refractivity contribution is 0.902. The molecule has 3 rings (SSSR count). The number of rotatable bonds is 1. The number of H-pyrrole nitrogens is 1. The molecule has 3 aromatic rings. The van der Waals surface area contributed by atoms with Crippen molar-refractivity contribution < 1.29 is 0 Å². The molecular weight excluding hydrogens is 230 g/mol. The Morgan fingerprint density at radius 1 is 1.12 bits per heavy atom. The number of fused-ring (bicyclic) bond motifs is 1. The molecule has 17 heavy (non-hydrogen) atoms. The standard InChI is InChI=1S/C13H11N3S/c1-16-12(14-15-13(16)17)11-7-6-9-4-2-3-5-10(9)8-11/h2-8H,1H3,(H,15,17). The van der Waals surface area contributed by atoms with E-state index in [9.17, 15) is 0 Å². The molecule has 0 bridgehead atoms. The van der Waals surface area contributed by atoms with Gasteiger partial charge in [0.2, 0.25) is 0 Å². The maximum Gasteiger partial charge on any atom is 0.195 e. The van der Waals surface area contributed by atoms with Crippen LogP contribution in [0.1, 0.15) is 0 Å². The largest absolute Gasteiger partial charge is 0.303 e. The molecule has 2 aromatic carbocycles. The molecule has 1 aromatic heterocycles. The second-order valence-electron chi connectivity index (χ2n) is 3.97. The molecular formula is C13H11N3S. The summed E-state index contributed by atoms with van der Waals surface area (Å²) in [6.07, 6.45) is 0. The summed E-state index contributed by atoms with van der Waals surface area (Å²) in [5.74, 6) is 0.862. The number of nitrogens with zero attached hydrogens (tertiary/aromatic N) is 2. The number of hydrogen-bond acceptors (Lipinski definition) is 2. The van der Waals surface area contributed by atoms with Gasteiger partial charge in [0.1, 0.15) is 0 Å². The quantitative estimate of drug-likeness (QED) is 0.663. The summed E-state index contributed by atoms with van der Waals surface area (Å²) in [6.45, 7) is 0. The van der Waals surface area contributed by atoms with Gasteiger partial charge in [-0.25, -0.2) is 0 Å². The lowest BCUT2D eigenvalue weighted by Gasteiger charge is -2.02. The second-order valence-corrected chi connectivity index (χ2v) is 4.36. The van der Waals surface area contributed by atoms with Crippen molar-refractivity contribution in [2.75, 3.05) is 0 Å². The summed E-state index contributed by atoms with van der Waals surface area (Å²) >= 11 is 5.11. The number of nitrogens with one attached hydrogen (secondary N) is 1. The first kappa shape index (κ1) is 10.2. The molecule has 0 unspecified atom stereocenters. The molecule has 0 atom stereocenters. The van der Waals surface area contributed by atoms with Crippen LogP contribution in [-0.2, 0) is 7.05 Å². The highest BCUT2D eigenvalue weighted by Gasteiger charge is 2.05. The Morgan fingerprint density at radius 2 is 1.88 bits per heavy atom. The fourth-order valence-electron chi connectivity index (χ4n) is 1.93. The van der Waals surface area contributed by atoms with Crippen molar-refractivity contribution in [2.24, 2.45) is 7.05 Å². The molecule has 0 fully saturated rings. The minimum Gasteiger partial charge on any atom is -0.303 e. The van der Waals surface area contributed by atoms with E-state index >= 15 is 0 Å². The van der Waals surface area contributed by atoms with Crippen LogP contribution in [0.25, 0.3) is 22.2 Å². The minimum absolute atomic E-state index is 0.633. The van der Waals surface area contributed by atoms with Crippen LogP contribution in [0.5, 0.6) is 0 Å². The highest BCUT2D eigenvalue weighted by atomic mass is 32.1. The third kappa shape index (κ3) is 1.66. The van der Waals surface area contributed by atoms with Crippen LogP contribution in [0.2, 0.25) is 0 Å². The Hall–Kier alpha value is -1.94. The zero-order chi connectivity index (χ0) is 11.8. The third-order valence-electron chi connectivity index (χ3n) is 2.89. The number of hydrogen-bond donors (Lipinski definition) is 1. The topological polar surface area (TPSA) is 33.6 Å². The first-order chi connectivity index (χ1) is 8.25. The highest BCUT2D eigenvalue weighted by molar-refractivity contribution is 7.71. The van der Waals surface area contributed by atoms with Crippen LogP contribution in [0, 0.1) is 4.77 Å². The summed E-state index contributed by atoms with van der Waals surface area (Å²) in [6, 6.07) is 14.6. The molecule has 0 saturated carbocycles. The van der Waals surface area contributed by atoms with Crippen LogP contribution < -0.4 is 0 Å². The van der Waals surface area contributed by atoms with Crippen LogP contribution in [-0.4, -0.2) is 14.8 Å². The zero-order valence-electron chi connectivity index (χ0n) is 9.34. The van der Waals surface area contributed by atoms with Crippen molar-refractivity contribution in [3.63, 3.8) is 0 Å². The molecule has 0 aliphatic rings. The van der Waals surface area contributed by atoms with Crippen LogP contribution in [0.15, 0.2) is 42.5 Å². The Morgan fingerprint density at radius 3 is 2.59 bits per heavy atom. The average Bonchev–Trinajstić information content (AvgIpc) is 2.70. The van der Waals surface area contributed by atoms with E-state index in [2.05, 4.69) is 40.5 Å². The molecule has 1 heterocycles. The first-order valence-electron chi connectivity index (χ1n) is 5.36. The summed E-state index contributed by atoms with van der Waals surface area (Å²) in [5, 5.41) is 9.47. The van der Waals surface area contributed by atoms with E-state index in [1.165, 1.54) is 10.8 Å². The number of aromatic amines is 1. The van der Waals surface area contributed by atoms with Gasteiger partial charge < -0.3 is 4.57 Å². The predicted molar refractivity (Wildman–Crippen MR) is 71.3 cm³/mol. The molecule has 1 N–H and O–H groups in total. The monoisotopic (exact) mass is 241 g/mol. The van der Waals surface area contributed by atoms with Crippen molar-refractivity contribution in [1.29, 1.82) is 0 Å². The molecule has 4 heteroatoms. The predicted octanol–water partition coefficient (Wildman–Crippen LogP) is 3.30. The smallest absolute Gasteiger partial charge is 0.195 e. The average molecular weight is 241 g/mol. The van der Waals surface area contributed by atoms with Crippen molar-refractivity contribution in [2.45, 2.75) is 0 Å². The molecule has 0 amide bonds. The Kier molecular flexibility index (Phi) is 2.30. The van der Waals surface area contributed by atoms with Gasteiger partial charge in [0.25, 0.3) is 0 Å². The van der Waals surface area contributed by atoms with Gasteiger partial charge in [0.05, 0.1) is 0 Å². The maximum atomic E-state index is 5.11.